The van der Waals surface area contributed by atoms with Crippen LogP contribution in [0.15, 0.2) is 28.6 Å². The van der Waals surface area contributed by atoms with E-state index in [1.807, 2.05) is 6.92 Å². The average Bonchev–Trinajstić information content (AvgIpc) is 2.97. The number of carbonyl (C=O) groups excluding carboxylic acids is 1. The Kier molecular flexibility index (Phi) is 5.45. The number of amidine groups is 1. The van der Waals surface area contributed by atoms with E-state index in [0.29, 0.717) is 9.50 Å². The smallest absolute Gasteiger partial charge is 0.260 e. The number of nitrogens with zero attached hydrogens (tertiary/aromatic N) is 1. The van der Waals surface area contributed by atoms with Crippen LogP contribution in [0.5, 0.6) is 5.75 Å². The summed E-state index contributed by atoms with van der Waals surface area (Å²) in [6.45, 7) is 1.94. The highest BCUT2D eigenvalue weighted by atomic mass is 35.5. The van der Waals surface area contributed by atoms with Gasteiger partial charge < -0.3 is 15.8 Å². The van der Waals surface area contributed by atoms with Gasteiger partial charge >= 0.3 is 0 Å². The molecular weight excluding hydrogens is 397 g/mol. The molecule has 0 saturated heterocycles. The van der Waals surface area contributed by atoms with Gasteiger partial charge in [0.25, 0.3) is 5.91 Å². The highest BCUT2D eigenvalue weighted by Crippen LogP contribution is 2.38. The third kappa shape index (κ3) is 3.67. The lowest BCUT2D eigenvalue weighted by Crippen LogP contribution is -2.29. The number of anilines is 1. The molecule has 3 N–H and O–H groups in total. The molecule has 0 spiro atoms. The monoisotopic (exact) mass is 413 g/mol. The maximum Gasteiger partial charge on any atom is 0.260 e. The molecular formula is C17H17ClFN3O2S2. The minimum Gasteiger partial charge on any atom is -0.493 e. The van der Waals surface area contributed by atoms with E-state index in [-0.39, 0.29) is 17.0 Å². The molecule has 0 aliphatic carbocycles. The Morgan fingerprint density at radius 1 is 1.50 bits per heavy atom. The number of ether oxygens (including phenoxy) is 1. The first-order valence-corrected chi connectivity index (χ1v) is 9.99. The highest BCUT2D eigenvalue weighted by molar-refractivity contribution is 8.13. The number of hydrogen-bond acceptors (Lipinski definition) is 6. The Balaban J connectivity index is 1.91. The third-order valence-electron chi connectivity index (χ3n) is 4.18. The summed E-state index contributed by atoms with van der Waals surface area (Å²) >= 11 is 8.66. The molecule has 1 amide bonds. The number of amides is 1. The summed E-state index contributed by atoms with van der Waals surface area (Å²) in [6.07, 6.45) is 0.769. The van der Waals surface area contributed by atoms with Crippen molar-refractivity contribution in [3.8, 4) is 5.75 Å². The molecule has 0 bridgehead atoms. The summed E-state index contributed by atoms with van der Waals surface area (Å²) in [5, 5.41) is 4.67. The van der Waals surface area contributed by atoms with Crippen LogP contribution in [0.4, 0.5) is 10.1 Å². The zero-order chi connectivity index (χ0) is 18.9. The standard InChI is InChI=1S/C17H17ClFN3O2S2/c1-17(5-6-25-16(20)22-17)9-3-4-11(19)12(7-9)21-15(23)10-8-26-14(18)13(10)24-2/h3-4,7-8H,5-6H2,1-2H3,(H2,20,22)(H,21,23). The molecule has 0 radical (unpaired) electrons. The summed E-state index contributed by atoms with van der Waals surface area (Å²) in [5.74, 6) is 0.0797. The molecule has 0 saturated carbocycles. The Hall–Kier alpha value is -1.77. The van der Waals surface area contributed by atoms with Crippen molar-refractivity contribution < 1.29 is 13.9 Å². The lowest BCUT2D eigenvalue weighted by molar-refractivity contribution is 0.102. The topological polar surface area (TPSA) is 76.7 Å². The van der Waals surface area contributed by atoms with E-state index in [1.54, 1.807) is 17.5 Å². The predicted octanol–water partition coefficient (Wildman–Crippen LogP) is 4.47. The average molecular weight is 414 g/mol. The quantitative estimate of drug-likeness (QED) is 0.775. The fraction of sp³-hybridized carbons (Fsp3) is 0.294. The number of halogens is 2. The number of nitrogens with two attached hydrogens (primary N) is 1. The van der Waals surface area contributed by atoms with Gasteiger partial charge in [-0.25, -0.2) is 4.39 Å². The second kappa shape index (κ2) is 7.46. The van der Waals surface area contributed by atoms with Crippen LogP contribution >= 0.6 is 34.7 Å². The van der Waals surface area contributed by atoms with Gasteiger partial charge in [-0.1, -0.05) is 29.4 Å². The molecule has 5 nitrogen and oxygen atoms in total. The third-order valence-corrected chi connectivity index (χ3v) is 6.16. The summed E-state index contributed by atoms with van der Waals surface area (Å²) in [4.78, 5) is 17.0. The molecule has 1 unspecified atom stereocenters. The first-order valence-electron chi connectivity index (χ1n) is 7.74. The van der Waals surface area contributed by atoms with Gasteiger partial charge in [-0.3, -0.25) is 9.79 Å². The molecule has 9 heteroatoms. The largest absolute Gasteiger partial charge is 0.493 e. The van der Waals surface area contributed by atoms with E-state index in [1.165, 1.54) is 36.3 Å². The van der Waals surface area contributed by atoms with Crippen molar-refractivity contribution in [2.45, 2.75) is 18.9 Å². The zero-order valence-electron chi connectivity index (χ0n) is 14.1. The van der Waals surface area contributed by atoms with Gasteiger partial charge in [0.05, 0.1) is 23.9 Å². The Bertz CT molecular complexity index is 887. The van der Waals surface area contributed by atoms with Crippen LogP contribution in [0.1, 0.15) is 29.3 Å². The zero-order valence-corrected chi connectivity index (χ0v) is 16.5. The number of thioether (sulfide) groups is 1. The second-order valence-corrected chi connectivity index (χ2v) is 8.52. The van der Waals surface area contributed by atoms with Crippen molar-refractivity contribution in [3.63, 3.8) is 0 Å². The minimum absolute atomic E-state index is 0.0742. The van der Waals surface area contributed by atoms with Crippen LogP contribution < -0.4 is 15.8 Å². The van der Waals surface area contributed by atoms with E-state index in [2.05, 4.69) is 10.3 Å². The first kappa shape index (κ1) is 19.0. The number of nitrogens with one attached hydrogen (secondary N) is 1. The number of benzene rings is 1. The molecule has 2 aromatic rings. The first-order chi connectivity index (χ1) is 12.3. The van der Waals surface area contributed by atoms with E-state index < -0.39 is 17.3 Å². The number of hydrogen-bond donors (Lipinski definition) is 2. The lowest BCUT2D eigenvalue weighted by Gasteiger charge is -2.30. The van der Waals surface area contributed by atoms with Gasteiger partial charge in [0.15, 0.2) is 10.9 Å². The number of rotatable bonds is 4. The van der Waals surface area contributed by atoms with Crippen molar-refractivity contribution in [1.29, 1.82) is 0 Å². The molecule has 1 aliphatic heterocycles. The molecule has 0 fully saturated rings. The number of carbonyl (C=O) groups is 1. The number of methoxy groups -OCH3 is 1. The maximum absolute atomic E-state index is 14.3. The van der Waals surface area contributed by atoms with Crippen LogP contribution in [0.2, 0.25) is 4.34 Å². The maximum atomic E-state index is 14.3. The van der Waals surface area contributed by atoms with Crippen molar-refractivity contribution >= 4 is 51.5 Å². The minimum atomic E-state index is -0.550. The van der Waals surface area contributed by atoms with Crippen LogP contribution in [0.25, 0.3) is 0 Å². The molecule has 1 aliphatic rings. The molecule has 26 heavy (non-hydrogen) atoms. The van der Waals surface area contributed by atoms with Crippen molar-refractivity contribution in [2.75, 3.05) is 18.2 Å². The highest BCUT2D eigenvalue weighted by Gasteiger charge is 2.30. The van der Waals surface area contributed by atoms with Gasteiger partial charge in [-0.2, -0.15) is 0 Å². The second-order valence-electron chi connectivity index (χ2n) is 5.93. The summed E-state index contributed by atoms with van der Waals surface area (Å²) < 4.78 is 19.8. The van der Waals surface area contributed by atoms with E-state index in [4.69, 9.17) is 22.1 Å². The van der Waals surface area contributed by atoms with Gasteiger partial charge in [0.2, 0.25) is 0 Å². The summed E-state index contributed by atoms with van der Waals surface area (Å²) in [5.41, 5.74) is 6.42. The van der Waals surface area contributed by atoms with Crippen LogP contribution in [0.3, 0.4) is 0 Å². The van der Waals surface area contributed by atoms with Gasteiger partial charge in [0, 0.05) is 11.1 Å². The Morgan fingerprint density at radius 2 is 2.27 bits per heavy atom. The van der Waals surface area contributed by atoms with Gasteiger partial charge in [0.1, 0.15) is 10.2 Å². The summed E-state index contributed by atoms with van der Waals surface area (Å²) in [6, 6.07) is 4.59. The number of aliphatic imine (C=N–C) groups is 1. The molecule has 138 valence electrons. The number of thiophene rings is 1. The van der Waals surface area contributed by atoms with Crippen molar-refractivity contribution in [1.82, 2.24) is 0 Å². The lowest BCUT2D eigenvalue weighted by atomic mass is 9.89. The SMILES string of the molecule is COc1c(C(=O)Nc2cc(C3(C)CCSC(N)=N3)ccc2F)csc1Cl. The predicted molar refractivity (Wildman–Crippen MR) is 106 cm³/mol. The van der Waals surface area contributed by atoms with Gasteiger partial charge in [-0.05, 0) is 31.0 Å². The molecule has 1 aromatic carbocycles. The van der Waals surface area contributed by atoms with E-state index in [0.717, 1.165) is 17.7 Å². The molecule has 3 rings (SSSR count). The van der Waals surface area contributed by atoms with Crippen LogP contribution in [-0.4, -0.2) is 23.9 Å². The van der Waals surface area contributed by atoms with Crippen LogP contribution in [-0.2, 0) is 5.54 Å². The van der Waals surface area contributed by atoms with Crippen molar-refractivity contribution in [3.05, 3.63) is 44.9 Å². The summed E-state index contributed by atoms with van der Waals surface area (Å²) in [7, 11) is 1.43. The van der Waals surface area contributed by atoms with E-state index in [9.17, 15) is 9.18 Å². The Labute approximate surface area is 163 Å². The van der Waals surface area contributed by atoms with Gasteiger partial charge in [-0.15, -0.1) is 11.3 Å². The van der Waals surface area contributed by atoms with Crippen LogP contribution in [0, 0.1) is 5.82 Å². The fourth-order valence-corrected chi connectivity index (χ4v) is 4.73. The molecule has 2 heterocycles. The Morgan fingerprint density at radius 3 is 2.96 bits per heavy atom. The molecule has 1 aromatic heterocycles. The normalized spacial score (nSPS) is 19.8. The molecule has 1 atom stereocenters. The fourth-order valence-electron chi connectivity index (χ4n) is 2.71. The van der Waals surface area contributed by atoms with Crippen molar-refractivity contribution in [2.24, 2.45) is 10.7 Å². The van der Waals surface area contributed by atoms with E-state index >= 15 is 0 Å².